The molecule has 0 bridgehead atoms. The van der Waals surface area contributed by atoms with E-state index in [0.29, 0.717) is 36.0 Å². The Morgan fingerprint density at radius 1 is 1.26 bits per heavy atom. The minimum atomic E-state index is -0.161. The zero-order valence-corrected chi connectivity index (χ0v) is 14.0. The number of amides is 1. The van der Waals surface area contributed by atoms with E-state index in [-0.39, 0.29) is 5.91 Å². The molecule has 1 heterocycles. The third-order valence-corrected chi connectivity index (χ3v) is 3.82. The molecule has 0 spiro atoms. The molecule has 0 saturated heterocycles. The molecule has 0 saturated carbocycles. The Balaban J connectivity index is 2.31. The molecular formula is C18H20ClN3O. The second-order valence-corrected chi connectivity index (χ2v) is 5.54. The van der Waals surface area contributed by atoms with Gasteiger partial charge >= 0.3 is 0 Å². The summed E-state index contributed by atoms with van der Waals surface area (Å²) in [5.74, 6) is -0.161. The molecule has 0 aliphatic carbocycles. The molecule has 0 fully saturated rings. The Labute approximate surface area is 141 Å². The Morgan fingerprint density at radius 3 is 2.43 bits per heavy atom. The summed E-state index contributed by atoms with van der Waals surface area (Å²) in [6.07, 6.45) is 3.36. The van der Waals surface area contributed by atoms with Gasteiger partial charge < -0.3 is 4.90 Å². The number of halogens is 1. The van der Waals surface area contributed by atoms with Crippen LogP contribution in [0.2, 0.25) is 5.15 Å². The molecule has 2 rings (SSSR count). The van der Waals surface area contributed by atoms with Gasteiger partial charge in [-0.25, -0.2) is 4.68 Å². The summed E-state index contributed by atoms with van der Waals surface area (Å²) in [4.78, 5) is 14.4. The summed E-state index contributed by atoms with van der Waals surface area (Å²) in [6.45, 7) is 10.6. The fourth-order valence-corrected chi connectivity index (χ4v) is 2.68. The summed E-state index contributed by atoms with van der Waals surface area (Å²) in [7, 11) is 0. The van der Waals surface area contributed by atoms with Crippen LogP contribution in [0.15, 0.2) is 55.6 Å². The van der Waals surface area contributed by atoms with E-state index >= 15 is 0 Å². The van der Waals surface area contributed by atoms with E-state index < -0.39 is 0 Å². The summed E-state index contributed by atoms with van der Waals surface area (Å²) in [6, 6.07) is 9.87. The van der Waals surface area contributed by atoms with Crippen molar-refractivity contribution in [1.29, 1.82) is 0 Å². The van der Waals surface area contributed by atoms with Crippen LogP contribution < -0.4 is 0 Å². The molecule has 1 aromatic carbocycles. The van der Waals surface area contributed by atoms with E-state index in [1.165, 1.54) is 0 Å². The predicted molar refractivity (Wildman–Crippen MR) is 93.8 cm³/mol. The molecule has 0 atom stereocenters. The van der Waals surface area contributed by atoms with Crippen molar-refractivity contribution in [3.05, 3.63) is 77.6 Å². The second-order valence-electron chi connectivity index (χ2n) is 5.18. The minimum Gasteiger partial charge on any atom is -0.331 e. The number of carbonyl (C=O) groups is 1. The predicted octanol–water partition coefficient (Wildman–Crippen LogP) is 3.71. The number of aryl methyl sites for hydroxylation is 1. The van der Waals surface area contributed by atoms with Gasteiger partial charge in [-0.3, -0.25) is 4.79 Å². The first kappa shape index (κ1) is 17.0. The van der Waals surface area contributed by atoms with Crippen molar-refractivity contribution in [2.45, 2.75) is 13.5 Å². The van der Waals surface area contributed by atoms with Gasteiger partial charge in [-0.15, -0.1) is 13.2 Å². The first-order valence-electron chi connectivity index (χ1n) is 7.36. The van der Waals surface area contributed by atoms with Gasteiger partial charge in [0.05, 0.1) is 17.8 Å². The van der Waals surface area contributed by atoms with Crippen LogP contribution in [0.3, 0.4) is 0 Å². The van der Waals surface area contributed by atoms with Crippen molar-refractivity contribution in [3.63, 3.8) is 0 Å². The first-order valence-corrected chi connectivity index (χ1v) is 7.74. The van der Waals surface area contributed by atoms with Crippen LogP contribution in [0.5, 0.6) is 0 Å². The average molecular weight is 330 g/mol. The monoisotopic (exact) mass is 329 g/mol. The lowest BCUT2D eigenvalue weighted by atomic mass is 10.2. The Hall–Kier alpha value is -2.33. The number of carbonyl (C=O) groups excluding carboxylic acids is 1. The maximum absolute atomic E-state index is 12.7. The van der Waals surface area contributed by atoms with Gasteiger partial charge in [-0.1, -0.05) is 54.1 Å². The van der Waals surface area contributed by atoms with Crippen LogP contribution in [-0.2, 0) is 6.54 Å². The molecule has 120 valence electrons. The molecule has 1 aromatic heterocycles. The van der Waals surface area contributed by atoms with E-state index in [0.717, 1.165) is 5.56 Å². The van der Waals surface area contributed by atoms with Gasteiger partial charge in [0.25, 0.3) is 5.91 Å². The fraction of sp³-hybridized carbons (Fsp3) is 0.222. The molecule has 0 radical (unpaired) electrons. The van der Waals surface area contributed by atoms with Crippen molar-refractivity contribution < 1.29 is 4.79 Å². The molecule has 1 amide bonds. The molecule has 0 unspecified atom stereocenters. The minimum absolute atomic E-state index is 0.161. The Kier molecular flexibility index (Phi) is 5.77. The lowest BCUT2D eigenvalue weighted by molar-refractivity contribution is 0.0790. The van der Waals surface area contributed by atoms with Gasteiger partial charge in [0.2, 0.25) is 0 Å². The molecule has 5 heteroatoms. The number of rotatable bonds is 7. The molecule has 2 aromatic rings. The van der Waals surface area contributed by atoms with Crippen LogP contribution >= 0.6 is 11.6 Å². The summed E-state index contributed by atoms with van der Waals surface area (Å²) >= 11 is 6.42. The van der Waals surface area contributed by atoms with Gasteiger partial charge in [0.15, 0.2) is 0 Å². The van der Waals surface area contributed by atoms with Gasteiger partial charge in [-0.2, -0.15) is 5.10 Å². The smallest absolute Gasteiger partial charge is 0.259 e. The van der Waals surface area contributed by atoms with Crippen molar-refractivity contribution in [2.24, 2.45) is 0 Å². The van der Waals surface area contributed by atoms with Crippen LogP contribution in [0, 0.1) is 6.92 Å². The highest BCUT2D eigenvalue weighted by atomic mass is 35.5. The van der Waals surface area contributed by atoms with Gasteiger partial charge in [0, 0.05) is 13.1 Å². The van der Waals surface area contributed by atoms with E-state index in [1.54, 1.807) is 28.7 Å². The van der Waals surface area contributed by atoms with Crippen LogP contribution in [-0.4, -0.2) is 33.7 Å². The Bertz CT molecular complexity index is 697. The largest absolute Gasteiger partial charge is 0.331 e. The zero-order valence-electron chi connectivity index (χ0n) is 13.2. The first-order chi connectivity index (χ1) is 11.1. The van der Waals surface area contributed by atoms with Crippen molar-refractivity contribution in [1.82, 2.24) is 14.7 Å². The summed E-state index contributed by atoms with van der Waals surface area (Å²) < 4.78 is 1.65. The quantitative estimate of drug-likeness (QED) is 0.726. The number of hydrogen-bond acceptors (Lipinski definition) is 2. The topological polar surface area (TPSA) is 38.1 Å². The van der Waals surface area contributed by atoms with Gasteiger partial charge in [0.1, 0.15) is 5.15 Å². The summed E-state index contributed by atoms with van der Waals surface area (Å²) in [5, 5.41) is 4.77. The van der Waals surface area contributed by atoms with E-state index in [1.807, 2.05) is 30.3 Å². The highest BCUT2D eigenvalue weighted by Crippen LogP contribution is 2.22. The van der Waals surface area contributed by atoms with Crippen LogP contribution in [0.4, 0.5) is 0 Å². The third kappa shape index (κ3) is 3.90. The number of benzene rings is 1. The lowest BCUT2D eigenvalue weighted by Gasteiger charge is -2.19. The lowest BCUT2D eigenvalue weighted by Crippen LogP contribution is -2.31. The normalized spacial score (nSPS) is 10.3. The summed E-state index contributed by atoms with van der Waals surface area (Å²) in [5.41, 5.74) is 2.13. The number of aromatic nitrogens is 2. The van der Waals surface area contributed by atoms with Crippen molar-refractivity contribution >= 4 is 17.5 Å². The van der Waals surface area contributed by atoms with Crippen molar-refractivity contribution in [2.75, 3.05) is 13.1 Å². The number of hydrogen-bond donors (Lipinski definition) is 0. The van der Waals surface area contributed by atoms with E-state index in [4.69, 9.17) is 11.6 Å². The van der Waals surface area contributed by atoms with Crippen LogP contribution in [0.1, 0.15) is 21.6 Å². The number of nitrogens with zero attached hydrogens (tertiary/aromatic N) is 3. The van der Waals surface area contributed by atoms with Crippen LogP contribution in [0.25, 0.3) is 0 Å². The second kappa shape index (κ2) is 7.79. The van der Waals surface area contributed by atoms with E-state index in [9.17, 15) is 4.79 Å². The molecule has 0 aliphatic heterocycles. The highest BCUT2D eigenvalue weighted by Gasteiger charge is 2.24. The molecule has 4 nitrogen and oxygen atoms in total. The fourth-order valence-electron chi connectivity index (χ4n) is 2.37. The molecule has 0 aliphatic rings. The van der Waals surface area contributed by atoms with Crippen molar-refractivity contribution in [3.8, 4) is 0 Å². The SMILES string of the molecule is C=CCN(CC=C)C(=O)c1c(C)nn(Cc2ccccc2)c1Cl. The molecule has 23 heavy (non-hydrogen) atoms. The standard InChI is InChI=1S/C18H20ClN3O/c1-4-11-21(12-5-2)18(23)16-14(3)20-22(17(16)19)13-15-9-7-6-8-10-15/h4-10H,1-2,11-13H2,3H3. The third-order valence-electron chi connectivity index (χ3n) is 3.44. The molecule has 0 N–H and O–H groups in total. The maximum Gasteiger partial charge on any atom is 0.259 e. The maximum atomic E-state index is 12.7. The van der Waals surface area contributed by atoms with E-state index in [2.05, 4.69) is 18.3 Å². The Morgan fingerprint density at radius 2 is 1.87 bits per heavy atom. The zero-order chi connectivity index (χ0) is 16.8. The molecular weight excluding hydrogens is 310 g/mol. The highest BCUT2D eigenvalue weighted by molar-refractivity contribution is 6.33. The average Bonchev–Trinajstić information content (AvgIpc) is 2.81. The van der Waals surface area contributed by atoms with Gasteiger partial charge in [-0.05, 0) is 12.5 Å².